The topological polar surface area (TPSA) is 30.5 Å². The van der Waals surface area contributed by atoms with Crippen molar-refractivity contribution in [3.05, 3.63) is 54.1 Å². The van der Waals surface area contributed by atoms with Gasteiger partial charge in [0.2, 0.25) is 0 Å². The van der Waals surface area contributed by atoms with Crippen molar-refractivity contribution < 1.29 is 9.47 Å². The minimum Gasteiger partial charge on any atom is -0.494 e. The van der Waals surface area contributed by atoms with E-state index in [1.54, 1.807) is 0 Å². The summed E-state index contributed by atoms with van der Waals surface area (Å²) in [7, 11) is 0. The fraction of sp³-hybridized carbons (Fsp3) is 0.455. The predicted molar refractivity (Wildman–Crippen MR) is 106 cm³/mol. The van der Waals surface area contributed by atoms with E-state index in [0.29, 0.717) is 6.61 Å². The number of unbranched alkanes of at least 4 members (excludes halogenated alkanes) is 4. The molecular formula is C22H31NO2. The van der Waals surface area contributed by atoms with Crippen molar-refractivity contribution >= 4 is 5.69 Å². The Labute approximate surface area is 152 Å². The third kappa shape index (κ3) is 7.97. The highest BCUT2D eigenvalue weighted by Crippen LogP contribution is 2.18. The molecule has 2 aromatic rings. The number of hydrogen-bond acceptors (Lipinski definition) is 3. The van der Waals surface area contributed by atoms with Crippen molar-refractivity contribution in [1.82, 2.24) is 0 Å². The fourth-order valence-electron chi connectivity index (χ4n) is 2.59. The Morgan fingerprint density at radius 1 is 0.800 bits per heavy atom. The van der Waals surface area contributed by atoms with Crippen LogP contribution < -0.4 is 14.8 Å². The average molecular weight is 341 g/mol. The highest BCUT2D eigenvalue weighted by Gasteiger charge is 1.98. The highest BCUT2D eigenvalue weighted by atomic mass is 16.5. The van der Waals surface area contributed by atoms with Crippen molar-refractivity contribution in [2.45, 2.75) is 46.0 Å². The highest BCUT2D eigenvalue weighted by molar-refractivity contribution is 5.48. The summed E-state index contributed by atoms with van der Waals surface area (Å²) in [5.74, 6) is 1.84. The molecule has 3 nitrogen and oxygen atoms in total. The van der Waals surface area contributed by atoms with Gasteiger partial charge in [-0.25, -0.2) is 0 Å². The average Bonchev–Trinajstić information content (AvgIpc) is 2.63. The number of benzene rings is 2. The normalized spacial score (nSPS) is 10.5. The Morgan fingerprint density at radius 2 is 1.56 bits per heavy atom. The van der Waals surface area contributed by atoms with Gasteiger partial charge in [0.1, 0.15) is 18.1 Å². The first-order valence-electron chi connectivity index (χ1n) is 9.44. The van der Waals surface area contributed by atoms with Crippen LogP contribution in [0.3, 0.4) is 0 Å². The Bertz CT molecular complexity index is 595. The Morgan fingerprint density at radius 3 is 2.36 bits per heavy atom. The summed E-state index contributed by atoms with van der Waals surface area (Å²) in [5.41, 5.74) is 2.31. The first-order chi connectivity index (χ1) is 12.3. The third-order valence-corrected chi connectivity index (χ3v) is 4.07. The molecule has 0 aromatic heterocycles. The lowest BCUT2D eigenvalue weighted by molar-refractivity contribution is 0.304. The molecule has 0 heterocycles. The summed E-state index contributed by atoms with van der Waals surface area (Å²) >= 11 is 0. The maximum atomic E-state index is 5.84. The summed E-state index contributed by atoms with van der Waals surface area (Å²) < 4.78 is 11.6. The van der Waals surface area contributed by atoms with Crippen LogP contribution in [-0.4, -0.2) is 19.8 Å². The van der Waals surface area contributed by atoms with Crippen LogP contribution in [0.15, 0.2) is 48.5 Å². The molecule has 25 heavy (non-hydrogen) atoms. The lowest BCUT2D eigenvalue weighted by atomic mass is 10.2. The second-order valence-corrected chi connectivity index (χ2v) is 6.38. The SMILES string of the molecule is CCCCCCCOc1cccc(NCCOc2ccc(C)cc2)c1. The van der Waals surface area contributed by atoms with Crippen LogP contribution in [0.4, 0.5) is 5.69 Å². The molecule has 0 fully saturated rings. The molecule has 136 valence electrons. The van der Waals surface area contributed by atoms with Gasteiger partial charge >= 0.3 is 0 Å². The number of anilines is 1. The monoisotopic (exact) mass is 341 g/mol. The molecule has 0 bridgehead atoms. The summed E-state index contributed by atoms with van der Waals surface area (Å²) in [6.45, 7) is 6.50. The van der Waals surface area contributed by atoms with Gasteiger partial charge in [-0.2, -0.15) is 0 Å². The predicted octanol–water partition coefficient (Wildman–Crippen LogP) is 5.84. The van der Waals surface area contributed by atoms with Gasteiger partial charge in [-0.3, -0.25) is 0 Å². The van der Waals surface area contributed by atoms with Gasteiger partial charge in [-0.15, -0.1) is 0 Å². The molecule has 0 aliphatic rings. The number of aryl methyl sites for hydroxylation is 1. The maximum Gasteiger partial charge on any atom is 0.121 e. The lowest BCUT2D eigenvalue weighted by Gasteiger charge is -2.11. The molecule has 0 atom stereocenters. The number of rotatable bonds is 12. The van der Waals surface area contributed by atoms with E-state index in [1.165, 1.54) is 31.2 Å². The van der Waals surface area contributed by atoms with E-state index in [4.69, 9.17) is 9.47 Å². The summed E-state index contributed by atoms with van der Waals surface area (Å²) in [6, 6.07) is 16.3. The fourth-order valence-corrected chi connectivity index (χ4v) is 2.59. The minimum absolute atomic E-state index is 0.631. The van der Waals surface area contributed by atoms with E-state index < -0.39 is 0 Å². The summed E-state index contributed by atoms with van der Waals surface area (Å²) in [4.78, 5) is 0. The van der Waals surface area contributed by atoms with Crippen LogP contribution in [0.5, 0.6) is 11.5 Å². The maximum absolute atomic E-state index is 5.84. The van der Waals surface area contributed by atoms with Crippen LogP contribution in [0.2, 0.25) is 0 Å². The standard InChI is InChI=1S/C22H31NO2/c1-3-4-5-6-7-16-24-22-10-8-9-20(18-22)23-15-17-25-21-13-11-19(2)12-14-21/h8-14,18,23H,3-7,15-17H2,1-2H3. The zero-order valence-corrected chi connectivity index (χ0v) is 15.6. The molecule has 0 saturated heterocycles. The van der Waals surface area contributed by atoms with Crippen molar-refractivity contribution in [2.75, 3.05) is 25.1 Å². The van der Waals surface area contributed by atoms with Crippen LogP contribution in [0.1, 0.15) is 44.6 Å². The number of hydrogen-bond donors (Lipinski definition) is 1. The van der Waals surface area contributed by atoms with E-state index in [2.05, 4.69) is 43.4 Å². The number of nitrogens with one attached hydrogen (secondary N) is 1. The van der Waals surface area contributed by atoms with Gasteiger partial charge in [0.15, 0.2) is 0 Å². The molecular weight excluding hydrogens is 310 g/mol. The molecule has 0 saturated carbocycles. The van der Waals surface area contributed by atoms with E-state index in [-0.39, 0.29) is 0 Å². The molecule has 1 N–H and O–H groups in total. The largest absolute Gasteiger partial charge is 0.494 e. The molecule has 0 amide bonds. The Balaban J connectivity index is 1.64. The summed E-state index contributed by atoms with van der Waals surface area (Å²) in [5, 5.41) is 3.38. The molecule has 0 unspecified atom stereocenters. The van der Waals surface area contributed by atoms with Crippen LogP contribution in [-0.2, 0) is 0 Å². The first-order valence-corrected chi connectivity index (χ1v) is 9.44. The lowest BCUT2D eigenvalue weighted by Crippen LogP contribution is -2.11. The van der Waals surface area contributed by atoms with Crippen LogP contribution in [0.25, 0.3) is 0 Å². The van der Waals surface area contributed by atoms with Gasteiger partial charge in [-0.1, -0.05) is 56.4 Å². The second kappa shape index (κ2) is 11.4. The van der Waals surface area contributed by atoms with E-state index in [9.17, 15) is 0 Å². The summed E-state index contributed by atoms with van der Waals surface area (Å²) in [6.07, 6.45) is 6.29. The molecule has 0 aliphatic carbocycles. The zero-order valence-electron chi connectivity index (χ0n) is 15.6. The van der Waals surface area contributed by atoms with Gasteiger partial charge < -0.3 is 14.8 Å². The first kappa shape index (κ1) is 19.2. The van der Waals surface area contributed by atoms with Crippen molar-refractivity contribution in [3.8, 4) is 11.5 Å². The molecule has 0 aliphatic heterocycles. The third-order valence-electron chi connectivity index (χ3n) is 4.07. The Kier molecular flexibility index (Phi) is 8.74. The van der Waals surface area contributed by atoms with Gasteiger partial charge in [-0.05, 0) is 37.6 Å². The molecule has 2 rings (SSSR count). The smallest absolute Gasteiger partial charge is 0.121 e. The van der Waals surface area contributed by atoms with Crippen molar-refractivity contribution in [3.63, 3.8) is 0 Å². The van der Waals surface area contributed by atoms with Gasteiger partial charge in [0.25, 0.3) is 0 Å². The molecule has 0 spiro atoms. The van der Waals surface area contributed by atoms with Crippen LogP contribution >= 0.6 is 0 Å². The second-order valence-electron chi connectivity index (χ2n) is 6.38. The zero-order chi connectivity index (χ0) is 17.7. The molecule has 3 heteroatoms. The molecule has 0 radical (unpaired) electrons. The van der Waals surface area contributed by atoms with E-state index in [1.807, 2.05) is 24.3 Å². The van der Waals surface area contributed by atoms with Gasteiger partial charge in [0.05, 0.1) is 6.61 Å². The van der Waals surface area contributed by atoms with E-state index >= 15 is 0 Å². The van der Waals surface area contributed by atoms with E-state index in [0.717, 1.165) is 36.8 Å². The van der Waals surface area contributed by atoms with Crippen molar-refractivity contribution in [1.29, 1.82) is 0 Å². The Hall–Kier alpha value is -2.16. The molecule has 2 aromatic carbocycles. The van der Waals surface area contributed by atoms with Crippen LogP contribution in [0, 0.1) is 6.92 Å². The van der Waals surface area contributed by atoms with Gasteiger partial charge in [0, 0.05) is 18.3 Å². The van der Waals surface area contributed by atoms with Crippen molar-refractivity contribution in [2.24, 2.45) is 0 Å². The number of ether oxygens (including phenoxy) is 2. The minimum atomic E-state index is 0.631. The quantitative estimate of drug-likeness (QED) is 0.492.